The highest BCUT2D eigenvalue weighted by atomic mass is 35.5. The zero-order valence-corrected chi connectivity index (χ0v) is 10.6. The van der Waals surface area contributed by atoms with E-state index in [1.54, 1.807) is 4.90 Å². The van der Waals surface area contributed by atoms with E-state index in [1.165, 1.54) is 0 Å². The maximum atomic E-state index is 11.8. The molecule has 0 fully saturated rings. The largest absolute Gasteiger partial charge is 0.345 e. The van der Waals surface area contributed by atoms with E-state index in [-0.39, 0.29) is 5.91 Å². The van der Waals surface area contributed by atoms with Gasteiger partial charge in [-0.3, -0.25) is 4.79 Å². The third-order valence-corrected chi connectivity index (χ3v) is 2.75. The minimum Gasteiger partial charge on any atom is -0.345 e. The van der Waals surface area contributed by atoms with E-state index < -0.39 is 0 Å². The first kappa shape index (κ1) is 13.0. The van der Waals surface area contributed by atoms with Crippen molar-refractivity contribution in [3.63, 3.8) is 0 Å². The molecule has 2 nitrogen and oxygen atoms in total. The summed E-state index contributed by atoms with van der Waals surface area (Å²) >= 11 is 5.87. The number of unbranched alkanes of at least 4 members (excludes halogenated alkanes) is 1. The number of benzene rings is 1. The van der Waals surface area contributed by atoms with E-state index in [9.17, 15) is 4.79 Å². The van der Waals surface area contributed by atoms with E-state index in [4.69, 9.17) is 11.6 Å². The predicted molar refractivity (Wildman–Crippen MR) is 67.7 cm³/mol. The topological polar surface area (TPSA) is 20.3 Å². The van der Waals surface area contributed by atoms with E-state index in [2.05, 4.69) is 6.92 Å². The minimum atomic E-state index is 0.149. The lowest BCUT2D eigenvalue weighted by atomic mass is 10.1. The SMILES string of the molecule is CCCCN(C)C(=O)Cc1cccc(Cl)c1. The second-order valence-electron chi connectivity index (χ2n) is 3.98. The average molecular weight is 240 g/mol. The number of carbonyl (C=O) groups excluding carboxylic acids is 1. The van der Waals surface area contributed by atoms with Crippen LogP contribution in [0.1, 0.15) is 25.3 Å². The van der Waals surface area contributed by atoms with Crippen LogP contribution in [0.15, 0.2) is 24.3 Å². The molecule has 0 unspecified atom stereocenters. The van der Waals surface area contributed by atoms with Crippen molar-refractivity contribution in [2.45, 2.75) is 26.2 Å². The molecule has 0 radical (unpaired) electrons. The molecule has 0 bridgehead atoms. The second kappa shape index (κ2) is 6.54. The normalized spacial score (nSPS) is 10.2. The first-order valence-electron chi connectivity index (χ1n) is 5.62. The van der Waals surface area contributed by atoms with Gasteiger partial charge in [0.15, 0.2) is 0 Å². The fraction of sp³-hybridized carbons (Fsp3) is 0.462. The Morgan fingerprint density at radius 2 is 2.19 bits per heavy atom. The van der Waals surface area contributed by atoms with Crippen LogP contribution in [0.3, 0.4) is 0 Å². The summed E-state index contributed by atoms with van der Waals surface area (Å²) in [5, 5.41) is 0.682. The van der Waals surface area contributed by atoms with Gasteiger partial charge >= 0.3 is 0 Å². The Balaban J connectivity index is 2.50. The van der Waals surface area contributed by atoms with Crippen molar-refractivity contribution in [3.8, 4) is 0 Å². The highest BCUT2D eigenvalue weighted by Gasteiger charge is 2.08. The van der Waals surface area contributed by atoms with Crippen LogP contribution in [-0.2, 0) is 11.2 Å². The Morgan fingerprint density at radius 3 is 2.81 bits per heavy atom. The Morgan fingerprint density at radius 1 is 1.44 bits per heavy atom. The van der Waals surface area contributed by atoms with Gasteiger partial charge in [0.1, 0.15) is 0 Å². The molecule has 0 atom stereocenters. The van der Waals surface area contributed by atoms with Crippen molar-refractivity contribution in [2.24, 2.45) is 0 Å². The Bertz CT molecular complexity index is 352. The number of nitrogens with zero attached hydrogens (tertiary/aromatic N) is 1. The van der Waals surface area contributed by atoms with Crippen molar-refractivity contribution < 1.29 is 4.79 Å². The summed E-state index contributed by atoms with van der Waals surface area (Å²) in [6, 6.07) is 7.46. The van der Waals surface area contributed by atoms with Crippen LogP contribution in [0.25, 0.3) is 0 Å². The molecule has 0 aliphatic carbocycles. The molecule has 1 aromatic carbocycles. The summed E-state index contributed by atoms with van der Waals surface area (Å²) < 4.78 is 0. The van der Waals surface area contributed by atoms with Crippen molar-refractivity contribution in [1.29, 1.82) is 0 Å². The van der Waals surface area contributed by atoms with Crippen LogP contribution in [-0.4, -0.2) is 24.4 Å². The molecule has 0 aliphatic rings. The van der Waals surface area contributed by atoms with Gasteiger partial charge in [-0.05, 0) is 24.1 Å². The number of halogens is 1. The van der Waals surface area contributed by atoms with Gasteiger partial charge in [-0.25, -0.2) is 0 Å². The van der Waals surface area contributed by atoms with Gasteiger partial charge in [-0.15, -0.1) is 0 Å². The fourth-order valence-corrected chi connectivity index (χ4v) is 1.69. The molecule has 0 saturated heterocycles. The molecule has 0 aliphatic heterocycles. The number of rotatable bonds is 5. The first-order valence-corrected chi connectivity index (χ1v) is 5.99. The van der Waals surface area contributed by atoms with Crippen molar-refractivity contribution in [2.75, 3.05) is 13.6 Å². The summed E-state index contributed by atoms with van der Waals surface area (Å²) in [6.45, 7) is 2.95. The van der Waals surface area contributed by atoms with Gasteiger partial charge in [0, 0.05) is 18.6 Å². The zero-order chi connectivity index (χ0) is 12.0. The predicted octanol–water partition coefficient (Wildman–Crippen LogP) is 3.14. The lowest BCUT2D eigenvalue weighted by Gasteiger charge is -2.16. The molecular weight excluding hydrogens is 222 g/mol. The monoisotopic (exact) mass is 239 g/mol. The third kappa shape index (κ3) is 4.23. The molecule has 3 heteroatoms. The second-order valence-corrected chi connectivity index (χ2v) is 4.41. The molecule has 0 saturated carbocycles. The van der Waals surface area contributed by atoms with Crippen LogP contribution in [0.2, 0.25) is 5.02 Å². The Labute approximate surface area is 102 Å². The molecule has 88 valence electrons. The molecule has 0 spiro atoms. The molecular formula is C13H18ClNO. The van der Waals surface area contributed by atoms with Gasteiger partial charge in [0.25, 0.3) is 0 Å². The fourth-order valence-electron chi connectivity index (χ4n) is 1.48. The number of carbonyl (C=O) groups is 1. The smallest absolute Gasteiger partial charge is 0.226 e. The molecule has 16 heavy (non-hydrogen) atoms. The average Bonchev–Trinajstić information content (AvgIpc) is 2.25. The lowest BCUT2D eigenvalue weighted by Crippen LogP contribution is -2.29. The maximum Gasteiger partial charge on any atom is 0.226 e. The van der Waals surface area contributed by atoms with E-state index in [1.807, 2.05) is 31.3 Å². The highest BCUT2D eigenvalue weighted by Crippen LogP contribution is 2.11. The molecule has 0 heterocycles. The van der Waals surface area contributed by atoms with Crippen LogP contribution < -0.4 is 0 Å². The third-order valence-electron chi connectivity index (χ3n) is 2.52. The molecule has 1 aromatic rings. The summed E-state index contributed by atoms with van der Waals surface area (Å²) in [4.78, 5) is 13.6. The van der Waals surface area contributed by atoms with Gasteiger partial charge in [0.2, 0.25) is 5.91 Å². The highest BCUT2D eigenvalue weighted by molar-refractivity contribution is 6.30. The number of likely N-dealkylation sites (N-methyl/N-ethyl adjacent to an activating group) is 1. The minimum absolute atomic E-state index is 0.149. The van der Waals surface area contributed by atoms with Crippen molar-refractivity contribution >= 4 is 17.5 Å². The summed E-state index contributed by atoms with van der Waals surface area (Å²) in [6.07, 6.45) is 2.59. The standard InChI is InChI=1S/C13H18ClNO/c1-3-4-8-15(2)13(16)10-11-6-5-7-12(14)9-11/h5-7,9H,3-4,8,10H2,1-2H3. The van der Waals surface area contributed by atoms with Crippen LogP contribution in [0, 0.1) is 0 Å². The quantitative estimate of drug-likeness (QED) is 0.773. The van der Waals surface area contributed by atoms with E-state index >= 15 is 0 Å². The van der Waals surface area contributed by atoms with Crippen molar-refractivity contribution in [3.05, 3.63) is 34.9 Å². The van der Waals surface area contributed by atoms with Crippen LogP contribution in [0.4, 0.5) is 0 Å². The first-order chi connectivity index (χ1) is 7.63. The Kier molecular flexibility index (Phi) is 5.33. The number of amides is 1. The van der Waals surface area contributed by atoms with E-state index in [0.717, 1.165) is 24.9 Å². The van der Waals surface area contributed by atoms with Gasteiger partial charge in [-0.1, -0.05) is 37.1 Å². The number of hydrogen-bond donors (Lipinski definition) is 0. The maximum absolute atomic E-state index is 11.8. The van der Waals surface area contributed by atoms with Gasteiger partial charge in [-0.2, -0.15) is 0 Å². The summed E-state index contributed by atoms with van der Waals surface area (Å²) in [7, 11) is 1.85. The van der Waals surface area contributed by atoms with Gasteiger partial charge in [0.05, 0.1) is 6.42 Å². The summed E-state index contributed by atoms with van der Waals surface area (Å²) in [5.74, 6) is 0.149. The summed E-state index contributed by atoms with van der Waals surface area (Å²) in [5.41, 5.74) is 0.973. The zero-order valence-electron chi connectivity index (χ0n) is 9.87. The van der Waals surface area contributed by atoms with Crippen LogP contribution >= 0.6 is 11.6 Å². The Hall–Kier alpha value is -1.02. The van der Waals surface area contributed by atoms with Crippen LogP contribution in [0.5, 0.6) is 0 Å². The molecule has 1 rings (SSSR count). The van der Waals surface area contributed by atoms with Gasteiger partial charge < -0.3 is 4.90 Å². The van der Waals surface area contributed by atoms with Crippen molar-refractivity contribution in [1.82, 2.24) is 4.90 Å². The lowest BCUT2D eigenvalue weighted by molar-refractivity contribution is -0.129. The van der Waals surface area contributed by atoms with E-state index in [0.29, 0.717) is 11.4 Å². The number of hydrogen-bond acceptors (Lipinski definition) is 1. The molecule has 1 amide bonds. The molecule has 0 N–H and O–H groups in total. The molecule has 0 aromatic heterocycles.